The predicted molar refractivity (Wildman–Crippen MR) is 84.4 cm³/mol. The highest BCUT2D eigenvalue weighted by molar-refractivity contribution is 8.01. The first-order valence-corrected chi connectivity index (χ1v) is 8.81. The van der Waals surface area contributed by atoms with Gasteiger partial charge in [-0.3, -0.25) is 4.79 Å². The number of quaternary nitrogens is 1. The van der Waals surface area contributed by atoms with Gasteiger partial charge in [0.05, 0.1) is 37.8 Å². The van der Waals surface area contributed by atoms with E-state index in [1.807, 2.05) is 23.1 Å². The molecule has 0 N–H and O–H groups in total. The van der Waals surface area contributed by atoms with Crippen molar-refractivity contribution in [2.45, 2.75) is 30.4 Å². The van der Waals surface area contributed by atoms with Crippen molar-refractivity contribution >= 4 is 28.9 Å². The predicted octanol–water partition coefficient (Wildman–Crippen LogP) is 3.70. The minimum absolute atomic E-state index is 0.192. The highest BCUT2D eigenvalue weighted by Crippen LogP contribution is 2.38. The normalized spacial score (nSPS) is 20.2. The molecule has 0 spiro atoms. The smallest absolute Gasteiger partial charge is 0.173 e. The van der Waals surface area contributed by atoms with E-state index >= 15 is 0 Å². The summed E-state index contributed by atoms with van der Waals surface area (Å²) in [7, 11) is 6.51. The molecule has 0 aliphatic carbocycles. The van der Waals surface area contributed by atoms with Crippen molar-refractivity contribution in [3.8, 4) is 0 Å². The maximum absolute atomic E-state index is 12.7. The summed E-state index contributed by atoms with van der Waals surface area (Å²) < 4.78 is 2.12. The summed E-state index contributed by atoms with van der Waals surface area (Å²) in [5.41, 5.74) is 1.01. The first-order valence-electron chi connectivity index (χ1n) is 7.01. The van der Waals surface area contributed by atoms with Crippen LogP contribution in [0.2, 0.25) is 0 Å². The molecule has 0 radical (unpaired) electrons. The van der Waals surface area contributed by atoms with Gasteiger partial charge < -0.3 is 4.48 Å². The minimum Gasteiger partial charge on any atom is -0.330 e. The molecule has 4 heteroatoms. The summed E-state index contributed by atoms with van der Waals surface area (Å²) in [5.74, 6) is 1.65. The number of carbonyl (C=O) groups excluding carboxylic acids is 1. The summed E-state index contributed by atoms with van der Waals surface area (Å²) in [5, 5.41) is 0. The number of aryl methyl sites for hydroxylation is 1. The second-order valence-corrected chi connectivity index (χ2v) is 8.84. The van der Waals surface area contributed by atoms with Gasteiger partial charge in [-0.1, -0.05) is 13.3 Å². The summed E-state index contributed by atoms with van der Waals surface area (Å²) in [6, 6.07) is 2.16. The Labute approximate surface area is 124 Å². The number of hydrogen-bond donors (Lipinski definition) is 0. The molecule has 2 rings (SSSR count). The van der Waals surface area contributed by atoms with Crippen LogP contribution >= 0.6 is 23.1 Å². The number of thioether (sulfide) groups is 1. The second kappa shape index (κ2) is 5.98. The van der Waals surface area contributed by atoms with E-state index in [0.29, 0.717) is 5.78 Å². The molecule has 1 atom stereocenters. The van der Waals surface area contributed by atoms with Gasteiger partial charge in [0.1, 0.15) is 0 Å². The van der Waals surface area contributed by atoms with Gasteiger partial charge in [0.2, 0.25) is 0 Å². The molecule has 0 bridgehead atoms. The highest BCUT2D eigenvalue weighted by atomic mass is 32.2. The molecule has 0 aromatic carbocycles. The van der Waals surface area contributed by atoms with Gasteiger partial charge in [0.25, 0.3) is 0 Å². The second-order valence-electron chi connectivity index (χ2n) is 6.34. The van der Waals surface area contributed by atoms with E-state index in [9.17, 15) is 4.79 Å². The number of thiophene rings is 1. The van der Waals surface area contributed by atoms with E-state index < -0.39 is 0 Å². The minimum atomic E-state index is 0.192. The average molecular weight is 298 g/mol. The van der Waals surface area contributed by atoms with E-state index in [2.05, 4.69) is 34.1 Å². The molecule has 1 aliphatic rings. The topological polar surface area (TPSA) is 17.1 Å². The lowest BCUT2D eigenvalue weighted by Crippen LogP contribution is -2.41. The molecule has 1 aliphatic heterocycles. The van der Waals surface area contributed by atoms with Gasteiger partial charge >= 0.3 is 0 Å². The Balaban J connectivity index is 2.22. The molecular formula is C15H24NOS2+. The monoisotopic (exact) mass is 298 g/mol. The van der Waals surface area contributed by atoms with Crippen molar-refractivity contribution in [1.29, 1.82) is 0 Å². The molecular weight excluding hydrogens is 274 g/mol. The third-order valence-electron chi connectivity index (χ3n) is 3.35. The molecule has 106 valence electrons. The van der Waals surface area contributed by atoms with Crippen LogP contribution in [0.15, 0.2) is 10.3 Å². The van der Waals surface area contributed by atoms with Crippen LogP contribution in [-0.4, -0.2) is 43.7 Å². The number of hydrogen-bond acceptors (Lipinski definition) is 3. The van der Waals surface area contributed by atoms with Gasteiger partial charge in [0.15, 0.2) is 5.78 Å². The van der Waals surface area contributed by atoms with Gasteiger partial charge in [-0.15, -0.1) is 23.1 Å². The van der Waals surface area contributed by atoms with Crippen molar-refractivity contribution in [1.82, 2.24) is 0 Å². The van der Waals surface area contributed by atoms with Gasteiger partial charge in [-0.05, 0) is 24.7 Å². The first-order chi connectivity index (χ1) is 8.90. The summed E-state index contributed by atoms with van der Waals surface area (Å²) in [6.45, 7) is 3.14. The zero-order valence-electron chi connectivity index (χ0n) is 12.4. The molecule has 0 saturated carbocycles. The SMILES string of the molecule is CCCc1cc2c(s1)SCCC(C[N+](C)(C)C)C2=O. The first kappa shape index (κ1) is 15.1. The van der Waals surface area contributed by atoms with Crippen molar-refractivity contribution in [3.63, 3.8) is 0 Å². The molecule has 1 unspecified atom stereocenters. The lowest BCUT2D eigenvalue weighted by atomic mass is 9.95. The number of carbonyl (C=O) groups is 1. The number of fused-ring (bicyclic) bond motifs is 1. The maximum atomic E-state index is 12.7. The molecule has 1 aromatic heterocycles. The van der Waals surface area contributed by atoms with Crippen molar-refractivity contribution in [2.75, 3.05) is 33.4 Å². The fourth-order valence-corrected chi connectivity index (χ4v) is 5.25. The van der Waals surface area contributed by atoms with E-state index in [1.165, 1.54) is 9.09 Å². The lowest BCUT2D eigenvalue weighted by molar-refractivity contribution is -0.872. The molecule has 0 amide bonds. The average Bonchev–Trinajstić information content (AvgIpc) is 2.63. The molecule has 1 aromatic rings. The Bertz CT molecular complexity index is 459. The zero-order valence-corrected chi connectivity index (χ0v) is 14.0. The number of ketones is 1. The van der Waals surface area contributed by atoms with Gasteiger partial charge in [-0.2, -0.15) is 0 Å². The fourth-order valence-electron chi connectivity index (χ4n) is 2.55. The Morgan fingerprint density at radius 2 is 2.11 bits per heavy atom. The van der Waals surface area contributed by atoms with Crippen molar-refractivity contribution in [3.05, 3.63) is 16.5 Å². The van der Waals surface area contributed by atoms with E-state index in [-0.39, 0.29) is 5.92 Å². The summed E-state index contributed by atoms with van der Waals surface area (Å²) in [4.78, 5) is 14.1. The van der Waals surface area contributed by atoms with Crippen molar-refractivity contribution < 1.29 is 9.28 Å². The van der Waals surface area contributed by atoms with Crippen LogP contribution in [0.4, 0.5) is 0 Å². The fraction of sp³-hybridized carbons (Fsp3) is 0.667. The Kier molecular flexibility index (Phi) is 4.75. The van der Waals surface area contributed by atoms with Crippen LogP contribution in [0.3, 0.4) is 0 Å². The third kappa shape index (κ3) is 3.83. The Hall–Kier alpha value is -0.320. The van der Waals surface area contributed by atoms with Crippen LogP contribution in [0.5, 0.6) is 0 Å². The van der Waals surface area contributed by atoms with Gasteiger partial charge in [0, 0.05) is 10.4 Å². The van der Waals surface area contributed by atoms with Crippen LogP contribution in [-0.2, 0) is 6.42 Å². The lowest BCUT2D eigenvalue weighted by Gasteiger charge is -2.27. The van der Waals surface area contributed by atoms with Crippen LogP contribution in [0.1, 0.15) is 35.0 Å². The molecule has 2 nitrogen and oxygen atoms in total. The number of nitrogens with zero attached hydrogens (tertiary/aromatic N) is 1. The molecule has 19 heavy (non-hydrogen) atoms. The maximum Gasteiger partial charge on any atom is 0.173 e. The van der Waals surface area contributed by atoms with E-state index in [4.69, 9.17) is 0 Å². The molecule has 0 fully saturated rings. The van der Waals surface area contributed by atoms with Crippen molar-refractivity contribution in [2.24, 2.45) is 5.92 Å². The Morgan fingerprint density at radius 3 is 2.74 bits per heavy atom. The molecule has 2 heterocycles. The quantitative estimate of drug-likeness (QED) is 0.788. The van der Waals surface area contributed by atoms with E-state index in [1.54, 1.807) is 0 Å². The standard InChI is InChI=1S/C15H24NOS2/c1-5-6-12-9-13-14(17)11(10-16(2,3)4)7-8-18-15(13)19-12/h9,11H,5-8,10H2,1-4H3/q+1. The van der Waals surface area contributed by atoms with Crippen LogP contribution in [0.25, 0.3) is 0 Å². The molecule has 0 saturated heterocycles. The third-order valence-corrected chi connectivity index (χ3v) is 5.86. The largest absolute Gasteiger partial charge is 0.330 e. The van der Waals surface area contributed by atoms with Crippen LogP contribution in [0, 0.1) is 5.92 Å². The zero-order chi connectivity index (χ0) is 14.0. The van der Waals surface area contributed by atoms with E-state index in [0.717, 1.165) is 41.6 Å². The Morgan fingerprint density at radius 1 is 1.37 bits per heavy atom. The van der Waals surface area contributed by atoms with Crippen LogP contribution < -0.4 is 0 Å². The highest BCUT2D eigenvalue weighted by Gasteiger charge is 2.31. The summed E-state index contributed by atoms with van der Waals surface area (Å²) >= 11 is 3.71. The number of Topliss-reactive ketones (excluding diaryl/α,β-unsaturated/α-hetero) is 1. The van der Waals surface area contributed by atoms with Gasteiger partial charge in [-0.25, -0.2) is 0 Å². The number of rotatable bonds is 4. The summed E-state index contributed by atoms with van der Waals surface area (Å²) in [6.07, 6.45) is 3.27.